The van der Waals surface area contributed by atoms with Gasteiger partial charge in [-0.3, -0.25) is 0 Å². The SMILES string of the molecule is CC(C)CC1CN(S(C)(=O)=O)C(CC(C)C)CN1. The Morgan fingerprint density at radius 1 is 1.17 bits per heavy atom. The molecule has 1 aliphatic heterocycles. The predicted molar refractivity (Wildman–Crippen MR) is 76.0 cm³/mol. The summed E-state index contributed by atoms with van der Waals surface area (Å²) in [5.41, 5.74) is 0. The Labute approximate surface area is 112 Å². The number of piperazine rings is 1. The van der Waals surface area contributed by atoms with Gasteiger partial charge in [0.05, 0.1) is 6.26 Å². The smallest absolute Gasteiger partial charge is 0.211 e. The number of nitrogens with zero attached hydrogens (tertiary/aromatic N) is 1. The predicted octanol–water partition coefficient (Wildman–Crippen LogP) is 1.68. The minimum absolute atomic E-state index is 0.114. The molecule has 1 rings (SSSR count). The number of nitrogens with one attached hydrogen (secondary N) is 1. The van der Waals surface area contributed by atoms with Gasteiger partial charge >= 0.3 is 0 Å². The molecule has 18 heavy (non-hydrogen) atoms. The van der Waals surface area contributed by atoms with E-state index >= 15 is 0 Å². The molecule has 1 aliphatic rings. The fourth-order valence-corrected chi connectivity index (χ4v) is 3.87. The lowest BCUT2D eigenvalue weighted by Crippen LogP contribution is -2.58. The minimum atomic E-state index is -3.10. The van der Waals surface area contributed by atoms with Crippen LogP contribution in [0.2, 0.25) is 0 Å². The maximum Gasteiger partial charge on any atom is 0.211 e. The molecule has 0 amide bonds. The van der Waals surface area contributed by atoms with E-state index in [0.717, 1.165) is 19.4 Å². The first-order valence-corrected chi connectivity index (χ1v) is 8.75. The highest BCUT2D eigenvalue weighted by molar-refractivity contribution is 7.88. The van der Waals surface area contributed by atoms with Crippen molar-refractivity contribution >= 4 is 10.0 Å². The fraction of sp³-hybridized carbons (Fsp3) is 1.00. The second-order valence-corrected chi connectivity index (χ2v) is 8.29. The van der Waals surface area contributed by atoms with Crippen molar-refractivity contribution in [3.8, 4) is 0 Å². The first-order chi connectivity index (χ1) is 8.20. The third kappa shape index (κ3) is 4.86. The summed E-state index contributed by atoms with van der Waals surface area (Å²) in [5.74, 6) is 1.10. The average Bonchev–Trinajstić information content (AvgIpc) is 2.17. The summed E-state index contributed by atoms with van der Waals surface area (Å²) in [7, 11) is -3.10. The Morgan fingerprint density at radius 3 is 2.17 bits per heavy atom. The van der Waals surface area contributed by atoms with E-state index in [-0.39, 0.29) is 6.04 Å². The van der Waals surface area contributed by atoms with Crippen molar-refractivity contribution in [3.63, 3.8) is 0 Å². The third-order valence-electron chi connectivity index (χ3n) is 3.38. The van der Waals surface area contributed by atoms with Crippen LogP contribution >= 0.6 is 0 Å². The zero-order chi connectivity index (χ0) is 13.9. The van der Waals surface area contributed by atoms with Crippen molar-refractivity contribution < 1.29 is 8.42 Å². The van der Waals surface area contributed by atoms with Crippen molar-refractivity contribution in [2.45, 2.75) is 52.6 Å². The van der Waals surface area contributed by atoms with Crippen molar-refractivity contribution in [2.24, 2.45) is 11.8 Å². The highest BCUT2D eigenvalue weighted by atomic mass is 32.2. The molecule has 2 unspecified atom stereocenters. The molecular formula is C13H28N2O2S. The highest BCUT2D eigenvalue weighted by Gasteiger charge is 2.33. The number of sulfonamides is 1. The zero-order valence-corrected chi connectivity index (χ0v) is 13.1. The van der Waals surface area contributed by atoms with Gasteiger partial charge in [-0.2, -0.15) is 4.31 Å². The molecule has 0 radical (unpaired) electrons. The average molecular weight is 276 g/mol. The summed E-state index contributed by atoms with van der Waals surface area (Å²) in [6.07, 6.45) is 3.28. The van der Waals surface area contributed by atoms with Crippen LogP contribution in [0, 0.1) is 11.8 Å². The van der Waals surface area contributed by atoms with Crippen LogP contribution in [-0.2, 0) is 10.0 Å². The van der Waals surface area contributed by atoms with Gasteiger partial charge in [-0.15, -0.1) is 0 Å². The maximum atomic E-state index is 11.9. The zero-order valence-electron chi connectivity index (χ0n) is 12.3. The summed E-state index contributed by atoms with van der Waals surface area (Å²) in [5, 5.41) is 3.50. The number of hydrogen-bond acceptors (Lipinski definition) is 3. The highest BCUT2D eigenvalue weighted by Crippen LogP contribution is 2.20. The Morgan fingerprint density at radius 2 is 1.72 bits per heavy atom. The van der Waals surface area contributed by atoms with Crippen LogP contribution in [0.4, 0.5) is 0 Å². The molecule has 5 heteroatoms. The monoisotopic (exact) mass is 276 g/mol. The Hall–Kier alpha value is -0.130. The van der Waals surface area contributed by atoms with Crippen LogP contribution in [0.15, 0.2) is 0 Å². The molecule has 0 aromatic carbocycles. The molecular weight excluding hydrogens is 248 g/mol. The lowest BCUT2D eigenvalue weighted by Gasteiger charge is -2.40. The fourth-order valence-electron chi connectivity index (χ4n) is 2.71. The standard InChI is InChI=1S/C13H28N2O2S/c1-10(2)6-12-9-15(18(5,16)17)13(8-14-12)7-11(3)4/h10-14H,6-9H2,1-5H3. The summed E-state index contributed by atoms with van der Waals surface area (Å²) >= 11 is 0. The molecule has 1 heterocycles. The van der Waals surface area contributed by atoms with E-state index in [4.69, 9.17) is 0 Å². The van der Waals surface area contributed by atoms with Crippen LogP contribution in [0.1, 0.15) is 40.5 Å². The normalized spacial score (nSPS) is 27.1. The molecule has 0 aliphatic carbocycles. The van der Waals surface area contributed by atoms with E-state index in [2.05, 4.69) is 33.0 Å². The van der Waals surface area contributed by atoms with Gasteiger partial charge in [0.2, 0.25) is 10.0 Å². The summed E-state index contributed by atoms with van der Waals surface area (Å²) < 4.78 is 25.5. The summed E-state index contributed by atoms with van der Waals surface area (Å²) in [4.78, 5) is 0. The van der Waals surface area contributed by atoms with Gasteiger partial charge in [-0.25, -0.2) is 8.42 Å². The van der Waals surface area contributed by atoms with Crippen LogP contribution in [0.3, 0.4) is 0 Å². The second kappa shape index (κ2) is 6.35. The largest absolute Gasteiger partial charge is 0.311 e. The lowest BCUT2D eigenvalue weighted by molar-refractivity contribution is 0.189. The second-order valence-electron chi connectivity index (χ2n) is 6.35. The van der Waals surface area contributed by atoms with Gasteiger partial charge in [0.25, 0.3) is 0 Å². The molecule has 108 valence electrons. The number of rotatable bonds is 5. The molecule has 4 nitrogen and oxygen atoms in total. The van der Waals surface area contributed by atoms with Crippen LogP contribution in [0.25, 0.3) is 0 Å². The number of hydrogen-bond donors (Lipinski definition) is 1. The molecule has 0 aromatic rings. The van der Waals surface area contributed by atoms with E-state index in [9.17, 15) is 8.42 Å². The Bertz CT molecular complexity index is 352. The van der Waals surface area contributed by atoms with Gasteiger partial charge in [-0.1, -0.05) is 27.7 Å². The van der Waals surface area contributed by atoms with E-state index in [1.54, 1.807) is 4.31 Å². The molecule has 1 fully saturated rings. The first kappa shape index (κ1) is 15.9. The van der Waals surface area contributed by atoms with Gasteiger partial charge in [0.1, 0.15) is 0 Å². The molecule has 1 saturated heterocycles. The Balaban J connectivity index is 2.73. The van der Waals surface area contributed by atoms with Crippen molar-refractivity contribution in [1.82, 2.24) is 9.62 Å². The molecule has 0 aromatic heterocycles. The quantitative estimate of drug-likeness (QED) is 0.831. The van der Waals surface area contributed by atoms with Crippen LogP contribution in [-0.4, -0.2) is 44.2 Å². The van der Waals surface area contributed by atoms with E-state index in [0.29, 0.717) is 24.4 Å². The van der Waals surface area contributed by atoms with Crippen molar-refractivity contribution in [2.75, 3.05) is 19.3 Å². The maximum absolute atomic E-state index is 11.9. The van der Waals surface area contributed by atoms with Gasteiger partial charge in [-0.05, 0) is 24.7 Å². The first-order valence-electron chi connectivity index (χ1n) is 6.90. The van der Waals surface area contributed by atoms with Crippen LogP contribution in [0.5, 0.6) is 0 Å². The molecule has 0 spiro atoms. The topological polar surface area (TPSA) is 49.4 Å². The Kier molecular flexibility index (Phi) is 5.62. The minimum Gasteiger partial charge on any atom is -0.311 e. The van der Waals surface area contributed by atoms with E-state index in [1.165, 1.54) is 6.26 Å². The summed E-state index contributed by atoms with van der Waals surface area (Å²) in [6.45, 7) is 10.0. The molecule has 0 bridgehead atoms. The summed E-state index contributed by atoms with van der Waals surface area (Å²) in [6, 6.07) is 0.409. The van der Waals surface area contributed by atoms with Gasteiger partial charge < -0.3 is 5.32 Å². The lowest BCUT2D eigenvalue weighted by atomic mass is 9.97. The van der Waals surface area contributed by atoms with E-state index < -0.39 is 10.0 Å². The van der Waals surface area contributed by atoms with Crippen molar-refractivity contribution in [1.29, 1.82) is 0 Å². The van der Waals surface area contributed by atoms with Crippen LogP contribution < -0.4 is 5.32 Å². The van der Waals surface area contributed by atoms with E-state index in [1.807, 2.05) is 0 Å². The van der Waals surface area contributed by atoms with Gasteiger partial charge in [0.15, 0.2) is 0 Å². The van der Waals surface area contributed by atoms with Crippen molar-refractivity contribution in [3.05, 3.63) is 0 Å². The third-order valence-corrected chi connectivity index (χ3v) is 4.67. The molecule has 1 N–H and O–H groups in total. The van der Waals surface area contributed by atoms with Gasteiger partial charge in [0, 0.05) is 25.2 Å². The molecule has 2 atom stereocenters. The molecule has 0 saturated carbocycles.